The number of aryl methyl sites for hydroxylation is 2. The maximum absolute atomic E-state index is 12.1. The molecule has 1 aromatic rings. The molecule has 0 saturated carbocycles. The predicted octanol–water partition coefficient (Wildman–Crippen LogP) is 2.62. The van der Waals surface area contributed by atoms with Crippen LogP contribution < -0.4 is 5.73 Å². The van der Waals surface area contributed by atoms with Gasteiger partial charge in [0, 0.05) is 28.8 Å². The molecule has 1 aromatic heterocycles. The van der Waals surface area contributed by atoms with E-state index in [9.17, 15) is 4.79 Å². The molecule has 2 rings (SSSR count). The summed E-state index contributed by atoms with van der Waals surface area (Å²) in [5.41, 5.74) is 7.43. The van der Waals surface area contributed by atoms with Crippen molar-refractivity contribution >= 4 is 17.2 Å². The molecule has 0 bridgehead atoms. The monoisotopic (exact) mass is 266 g/mol. The molecule has 2 N–H and O–H groups in total. The molecule has 1 aliphatic heterocycles. The fourth-order valence-electron chi connectivity index (χ4n) is 2.77. The lowest BCUT2D eigenvalue weighted by Crippen LogP contribution is -2.35. The summed E-state index contributed by atoms with van der Waals surface area (Å²) < 4.78 is 0. The largest absolute Gasteiger partial charge is 0.334 e. The topological polar surface area (TPSA) is 46.3 Å². The average Bonchev–Trinajstić information content (AvgIpc) is 2.68. The van der Waals surface area contributed by atoms with Crippen LogP contribution in [0.3, 0.4) is 0 Å². The van der Waals surface area contributed by atoms with Gasteiger partial charge in [0.05, 0.1) is 6.04 Å². The number of thiophene rings is 1. The van der Waals surface area contributed by atoms with Crippen LogP contribution in [-0.4, -0.2) is 23.4 Å². The van der Waals surface area contributed by atoms with Crippen molar-refractivity contribution in [2.24, 2.45) is 11.7 Å². The van der Waals surface area contributed by atoms with Crippen LogP contribution in [0.5, 0.6) is 0 Å². The summed E-state index contributed by atoms with van der Waals surface area (Å²) in [5, 5.41) is 0. The fraction of sp³-hybridized carbons (Fsp3) is 0.643. The van der Waals surface area contributed by atoms with Crippen molar-refractivity contribution in [3.63, 3.8) is 0 Å². The van der Waals surface area contributed by atoms with Gasteiger partial charge < -0.3 is 10.6 Å². The highest BCUT2D eigenvalue weighted by Crippen LogP contribution is 2.37. The highest BCUT2D eigenvalue weighted by atomic mass is 32.1. The van der Waals surface area contributed by atoms with Crippen LogP contribution in [0.2, 0.25) is 0 Å². The number of likely N-dealkylation sites (tertiary alicyclic amines) is 1. The van der Waals surface area contributed by atoms with Crippen LogP contribution in [0.4, 0.5) is 0 Å². The fourth-order valence-corrected chi connectivity index (χ4v) is 3.73. The van der Waals surface area contributed by atoms with Gasteiger partial charge in [-0.05, 0) is 31.4 Å². The lowest BCUT2D eigenvalue weighted by Gasteiger charge is -2.28. The van der Waals surface area contributed by atoms with Crippen molar-refractivity contribution in [2.45, 2.75) is 46.2 Å². The summed E-state index contributed by atoms with van der Waals surface area (Å²) in [6.07, 6.45) is 0.478. The number of hydrogen-bond donors (Lipinski definition) is 1. The number of hydrogen-bond acceptors (Lipinski definition) is 3. The van der Waals surface area contributed by atoms with E-state index < -0.39 is 0 Å². The molecule has 1 saturated heterocycles. The summed E-state index contributed by atoms with van der Waals surface area (Å²) in [7, 11) is 0. The predicted molar refractivity (Wildman–Crippen MR) is 75.7 cm³/mol. The molecule has 4 heteroatoms. The molecule has 2 atom stereocenters. The zero-order valence-corrected chi connectivity index (χ0v) is 12.4. The van der Waals surface area contributed by atoms with Crippen LogP contribution in [0.1, 0.15) is 41.6 Å². The molecule has 1 fully saturated rings. The zero-order chi connectivity index (χ0) is 13.4. The van der Waals surface area contributed by atoms with E-state index in [4.69, 9.17) is 5.73 Å². The minimum Gasteiger partial charge on any atom is -0.334 e. The van der Waals surface area contributed by atoms with Gasteiger partial charge in [0.2, 0.25) is 5.91 Å². The third-order valence-corrected chi connectivity index (χ3v) is 4.41. The molecule has 1 aliphatic rings. The van der Waals surface area contributed by atoms with E-state index in [0.29, 0.717) is 12.3 Å². The molecule has 2 unspecified atom stereocenters. The third kappa shape index (κ3) is 2.45. The van der Waals surface area contributed by atoms with Gasteiger partial charge in [-0.3, -0.25) is 4.79 Å². The van der Waals surface area contributed by atoms with E-state index in [-0.39, 0.29) is 18.0 Å². The van der Waals surface area contributed by atoms with Crippen molar-refractivity contribution < 1.29 is 4.79 Å². The number of carbonyl (C=O) groups excluding carboxylic acids is 1. The molecule has 0 aliphatic carbocycles. The van der Waals surface area contributed by atoms with Crippen LogP contribution in [0.15, 0.2) is 6.07 Å². The van der Waals surface area contributed by atoms with Crippen molar-refractivity contribution in [2.75, 3.05) is 6.54 Å². The van der Waals surface area contributed by atoms with Gasteiger partial charge in [-0.2, -0.15) is 0 Å². The lowest BCUT2D eigenvalue weighted by molar-refractivity contribution is -0.129. The number of amides is 1. The Hall–Kier alpha value is -0.870. The van der Waals surface area contributed by atoms with Crippen LogP contribution in [-0.2, 0) is 4.79 Å². The Balaban J connectivity index is 2.33. The van der Waals surface area contributed by atoms with E-state index in [1.54, 1.807) is 11.3 Å². The van der Waals surface area contributed by atoms with E-state index in [1.165, 1.54) is 15.3 Å². The molecule has 100 valence electrons. The molecular weight excluding hydrogens is 244 g/mol. The second-order valence-corrected chi connectivity index (χ2v) is 7.08. The number of rotatable bonds is 3. The molecule has 2 heterocycles. The average molecular weight is 266 g/mol. The molecule has 18 heavy (non-hydrogen) atoms. The summed E-state index contributed by atoms with van der Waals surface area (Å²) >= 11 is 1.79. The Morgan fingerprint density at radius 2 is 2.17 bits per heavy atom. The Bertz CT molecular complexity index is 453. The van der Waals surface area contributed by atoms with E-state index in [1.807, 2.05) is 4.90 Å². The molecular formula is C14H22N2OS. The van der Waals surface area contributed by atoms with Crippen LogP contribution in [0.25, 0.3) is 0 Å². The maximum Gasteiger partial charge on any atom is 0.224 e. The first-order valence-corrected chi connectivity index (χ1v) is 7.33. The third-order valence-electron chi connectivity index (χ3n) is 3.43. The Labute approximate surface area is 113 Å². The lowest BCUT2D eigenvalue weighted by atomic mass is 10.0. The van der Waals surface area contributed by atoms with Gasteiger partial charge >= 0.3 is 0 Å². The van der Waals surface area contributed by atoms with Gasteiger partial charge in [0.25, 0.3) is 0 Å². The number of nitrogens with two attached hydrogens (primary N) is 1. The number of nitrogens with zero attached hydrogens (tertiary/aromatic N) is 1. The van der Waals surface area contributed by atoms with Gasteiger partial charge in [-0.1, -0.05) is 13.8 Å². The first kappa shape index (κ1) is 13.6. The second kappa shape index (κ2) is 5.02. The van der Waals surface area contributed by atoms with Gasteiger partial charge in [-0.15, -0.1) is 11.3 Å². The second-order valence-electron chi connectivity index (χ2n) is 5.62. The van der Waals surface area contributed by atoms with Crippen LogP contribution in [0, 0.1) is 19.8 Å². The number of carbonyl (C=O) groups is 1. The van der Waals surface area contributed by atoms with Gasteiger partial charge in [-0.25, -0.2) is 0 Å². The first-order chi connectivity index (χ1) is 8.40. The normalized spacial score (nSPS) is 24.3. The van der Waals surface area contributed by atoms with E-state index >= 15 is 0 Å². The highest BCUT2D eigenvalue weighted by Gasteiger charge is 2.39. The quantitative estimate of drug-likeness (QED) is 0.914. The maximum atomic E-state index is 12.1. The van der Waals surface area contributed by atoms with Gasteiger partial charge in [0.15, 0.2) is 0 Å². The summed E-state index contributed by atoms with van der Waals surface area (Å²) in [4.78, 5) is 16.6. The minimum atomic E-state index is -0.0658. The van der Waals surface area contributed by atoms with E-state index in [2.05, 4.69) is 33.8 Å². The SMILES string of the molecule is Cc1cc(C2C(N)CC(=O)N2CC(C)C)c(C)s1. The summed E-state index contributed by atoms with van der Waals surface area (Å²) in [6.45, 7) is 9.30. The van der Waals surface area contributed by atoms with Crippen molar-refractivity contribution in [3.05, 3.63) is 21.4 Å². The van der Waals surface area contributed by atoms with Crippen molar-refractivity contribution in [1.29, 1.82) is 0 Å². The standard InChI is InChI=1S/C14H22N2OS/c1-8(2)7-16-13(17)6-12(15)14(16)11-5-9(3)18-10(11)4/h5,8,12,14H,6-7,15H2,1-4H3. The molecule has 1 amide bonds. The Morgan fingerprint density at radius 3 is 2.67 bits per heavy atom. The first-order valence-electron chi connectivity index (χ1n) is 6.52. The minimum absolute atomic E-state index is 0.0658. The molecule has 0 aromatic carbocycles. The molecule has 0 spiro atoms. The highest BCUT2D eigenvalue weighted by molar-refractivity contribution is 7.12. The Kier molecular flexibility index (Phi) is 3.78. The van der Waals surface area contributed by atoms with Crippen molar-refractivity contribution in [1.82, 2.24) is 4.90 Å². The van der Waals surface area contributed by atoms with Gasteiger partial charge in [0.1, 0.15) is 0 Å². The molecule has 0 radical (unpaired) electrons. The van der Waals surface area contributed by atoms with Crippen molar-refractivity contribution in [3.8, 4) is 0 Å². The zero-order valence-electron chi connectivity index (χ0n) is 11.6. The Morgan fingerprint density at radius 1 is 1.50 bits per heavy atom. The van der Waals surface area contributed by atoms with Crippen LogP contribution >= 0.6 is 11.3 Å². The molecule has 3 nitrogen and oxygen atoms in total. The summed E-state index contributed by atoms with van der Waals surface area (Å²) in [6, 6.07) is 2.20. The smallest absolute Gasteiger partial charge is 0.224 e. The van der Waals surface area contributed by atoms with E-state index in [0.717, 1.165) is 6.54 Å². The summed E-state index contributed by atoms with van der Waals surface area (Å²) in [5.74, 6) is 0.672.